The first kappa shape index (κ1) is 84.4. The van der Waals surface area contributed by atoms with E-state index in [9.17, 15) is 0 Å². The maximum atomic E-state index is 3.71. The predicted molar refractivity (Wildman–Crippen MR) is 512 cm³/mol. The highest BCUT2D eigenvalue weighted by Gasteiger charge is 2.38. The van der Waals surface area contributed by atoms with E-state index in [4.69, 9.17) is 0 Å². The van der Waals surface area contributed by atoms with Crippen LogP contribution in [0.15, 0.2) is 259 Å². The minimum absolute atomic E-state index is 0.0421. The normalized spacial score (nSPS) is 15.4. The van der Waals surface area contributed by atoms with Gasteiger partial charge in [-0.25, -0.2) is 0 Å². The van der Waals surface area contributed by atoms with Gasteiger partial charge in [-0.05, 0) is 270 Å². The average Bonchev–Trinajstić information content (AvgIpc) is 1.59. The molecule has 117 heavy (non-hydrogen) atoms. The topological polar surface area (TPSA) is 3.24 Å². The molecule has 0 bridgehead atoms. The van der Waals surface area contributed by atoms with Gasteiger partial charge in [0.2, 0.25) is 0 Å². The van der Waals surface area contributed by atoms with Crippen LogP contribution in [-0.2, 0) is 49.7 Å². The molecule has 0 aliphatic heterocycles. The first-order valence-electron chi connectivity index (χ1n) is 44.1. The lowest BCUT2D eigenvalue weighted by Crippen LogP contribution is -2.17. The molecule has 2 fully saturated rings. The van der Waals surface area contributed by atoms with Crippen LogP contribution in [0.1, 0.15) is 306 Å². The predicted octanol–water partition coefficient (Wildman–Crippen LogP) is 34.0. The van der Waals surface area contributed by atoms with E-state index < -0.39 is 0 Å². The molecular formula is C115H132BrN. The van der Waals surface area contributed by atoms with Crippen molar-refractivity contribution in [2.45, 2.75) is 278 Å². The van der Waals surface area contributed by atoms with Gasteiger partial charge in [-0.3, -0.25) is 0 Å². The number of halogens is 1. The molecule has 16 rings (SSSR count). The maximum Gasteiger partial charge on any atom is 0.0470 e. The molecule has 12 aromatic carbocycles. The van der Waals surface area contributed by atoms with Crippen molar-refractivity contribution < 1.29 is 0 Å². The second-order valence-electron chi connectivity index (χ2n) is 42.2. The summed E-state index contributed by atoms with van der Waals surface area (Å²) in [5.74, 6) is 1.47. The van der Waals surface area contributed by atoms with Crippen molar-refractivity contribution in [2.75, 3.05) is 4.90 Å². The molecule has 1 nitrogen and oxygen atoms in total. The fourth-order valence-corrected chi connectivity index (χ4v) is 19.1. The van der Waals surface area contributed by atoms with E-state index in [1.54, 1.807) is 5.56 Å². The van der Waals surface area contributed by atoms with E-state index in [1.165, 1.54) is 220 Å². The second-order valence-corrected chi connectivity index (χ2v) is 43.1. The minimum atomic E-state index is -0.0847. The van der Waals surface area contributed by atoms with Crippen LogP contribution in [0.4, 0.5) is 17.1 Å². The van der Waals surface area contributed by atoms with E-state index in [0.29, 0.717) is 5.92 Å². The maximum absolute atomic E-state index is 3.71. The van der Waals surface area contributed by atoms with Crippen LogP contribution in [0.5, 0.6) is 0 Å². The van der Waals surface area contributed by atoms with Gasteiger partial charge in [0, 0.05) is 32.4 Å². The van der Waals surface area contributed by atoms with Crippen LogP contribution in [0.25, 0.3) is 66.8 Å². The highest BCUT2D eigenvalue weighted by Crippen LogP contribution is 2.53. The third-order valence-corrected chi connectivity index (χ3v) is 26.9. The molecule has 0 radical (unpaired) electrons. The lowest BCUT2D eigenvalue weighted by molar-refractivity contribution is 0.443. The highest BCUT2D eigenvalue weighted by molar-refractivity contribution is 9.10. The van der Waals surface area contributed by atoms with Crippen molar-refractivity contribution in [1.29, 1.82) is 0 Å². The Kier molecular flexibility index (Phi) is 23.7. The van der Waals surface area contributed by atoms with Crippen LogP contribution in [-0.4, -0.2) is 0 Å². The van der Waals surface area contributed by atoms with E-state index in [-0.39, 0.29) is 43.3 Å². The third kappa shape index (κ3) is 18.7. The van der Waals surface area contributed by atoms with Gasteiger partial charge in [-0.2, -0.15) is 0 Å². The summed E-state index contributed by atoms with van der Waals surface area (Å²) in [5.41, 5.74) is 39.5. The molecule has 0 spiro atoms. The first-order chi connectivity index (χ1) is 55.1. The van der Waals surface area contributed by atoms with Gasteiger partial charge in [0.05, 0.1) is 0 Å². The van der Waals surface area contributed by atoms with Crippen molar-refractivity contribution in [3.05, 3.63) is 337 Å². The van der Waals surface area contributed by atoms with Crippen molar-refractivity contribution in [3.8, 4) is 66.8 Å². The molecule has 4 aliphatic rings. The second kappa shape index (κ2) is 32.9. The molecule has 0 aromatic heterocycles. The molecule has 0 N–H and O–H groups in total. The zero-order valence-corrected chi connectivity index (χ0v) is 76.6. The Balaban J connectivity index is 0.000000160. The Bertz CT molecular complexity index is 5460. The van der Waals surface area contributed by atoms with E-state index in [0.717, 1.165) is 16.8 Å². The summed E-state index contributed by atoms with van der Waals surface area (Å²) in [4.78, 5) is 2.52. The number of fused-ring (bicyclic) bond motifs is 6. The van der Waals surface area contributed by atoms with Gasteiger partial charge in [0.25, 0.3) is 0 Å². The summed E-state index contributed by atoms with van der Waals surface area (Å²) in [5, 5.41) is 0. The fraction of sp³-hybridized carbons (Fsp3) is 0.374. The Morgan fingerprint density at radius 2 is 0.581 bits per heavy atom. The Morgan fingerprint density at radius 1 is 0.265 bits per heavy atom. The average molecular weight is 1610 g/mol. The zero-order valence-electron chi connectivity index (χ0n) is 75.0. The summed E-state index contributed by atoms with van der Waals surface area (Å²) >= 11 is 3.71. The zero-order chi connectivity index (χ0) is 83.5. The minimum Gasteiger partial charge on any atom is -0.310 e. The molecule has 0 atom stereocenters. The van der Waals surface area contributed by atoms with E-state index >= 15 is 0 Å². The van der Waals surface area contributed by atoms with Crippen LogP contribution in [0, 0.1) is 0 Å². The summed E-state index contributed by atoms with van der Waals surface area (Å²) in [7, 11) is 0. The molecule has 0 amide bonds. The number of hydrogen-bond donors (Lipinski definition) is 0. The van der Waals surface area contributed by atoms with Crippen molar-refractivity contribution >= 4 is 33.0 Å². The Morgan fingerprint density at radius 3 is 0.983 bits per heavy atom. The Hall–Kier alpha value is -9.08. The summed E-state index contributed by atoms with van der Waals surface area (Å²) in [6.45, 7) is 51.0. The SMILES string of the molecule is CC(C)(C)c1cc(-c2ccc(-c3cc(C(C)(C)C)cc(C(C)(C)C)c3)cc2)cc(N(c2ccc(C3CCCCC3)cc2)c2ccc3c(c2)C(C)(C)c2ccccc2-3)c1.CC(C)(C)c1cc(Br)cc(-c2ccc(-c3cc(C(C)(C)C)cc(C(C)(C)C)c3)cc2)c1.CC1(C)c2ccccc2-c2ccc(Cc3ccc(C4CCCCC4)cc3)cc21. The van der Waals surface area contributed by atoms with Crippen LogP contribution in [0.3, 0.4) is 0 Å². The van der Waals surface area contributed by atoms with Gasteiger partial charge in [0.1, 0.15) is 0 Å². The molecule has 0 heterocycles. The monoisotopic (exact) mass is 1610 g/mol. The summed E-state index contributed by atoms with van der Waals surface area (Å²) in [6, 6.07) is 98.0. The number of nitrogens with zero attached hydrogens (tertiary/aromatic N) is 1. The number of rotatable bonds is 11. The molecule has 4 aliphatic carbocycles. The lowest BCUT2D eigenvalue weighted by atomic mass is 9.79. The molecular weight excluding hydrogens is 1480 g/mol. The molecule has 2 saturated carbocycles. The largest absolute Gasteiger partial charge is 0.310 e. The van der Waals surface area contributed by atoms with Crippen molar-refractivity contribution in [3.63, 3.8) is 0 Å². The van der Waals surface area contributed by atoms with Gasteiger partial charge in [0.15, 0.2) is 0 Å². The lowest BCUT2D eigenvalue weighted by Gasteiger charge is -2.31. The third-order valence-electron chi connectivity index (χ3n) is 26.4. The van der Waals surface area contributed by atoms with Crippen LogP contribution < -0.4 is 4.90 Å². The smallest absolute Gasteiger partial charge is 0.0470 e. The van der Waals surface area contributed by atoms with E-state index in [1.807, 2.05) is 0 Å². The first-order valence-corrected chi connectivity index (χ1v) is 44.9. The number of benzene rings is 12. The van der Waals surface area contributed by atoms with Gasteiger partial charge in [-0.15, -0.1) is 0 Å². The highest BCUT2D eigenvalue weighted by atomic mass is 79.9. The molecule has 12 aromatic rings. The van der Waals surface area contributed by atoms with Gasteiger partial charge in [-0.1, -0.05) is 413 Å². The van der Waals surface area contributed by atoms with E-state index in [2.05, 4.69) is 428 Å². The van der Waals surface area contributed by atoms with Crippen molar-refractivity contribution in [2.24, 2.45) is 0 Å². The molecule has 0 saturated heterocycles. The fourth-order valence-electron chi connectivity index (χ4n) is 18.6. The van der Waals surface area contributed by atoms with Crippen LogP contribution >= 0.6 is 15.9 Å². The summed E-state index contributed by atoms with van der Waals surface area (Å²) in [6.07, 6.45) is 14.7. The van der Waals surface area contributed by atoms with Gasteiger partial charge < -0.3 is 4.90 Å². The standard InChI is InChI=1S/C57H65N.C30H37Br.C28H30/c1-54(2,3)44-31-42(32-45(35-44)55(4,5)6)40-21-23-41(24-22-40)43-33-46(56(7,8)9)36-49(34-43)58(47-27-25-39(26-28-47)38-17-13-12-14-18-38)48-29-30-51-50-19-15-16-20-52(50)57(10,11)53(51)37-48;1-28(2,3)24-14-22(15-25(18-24)29(4,5)6)20-10-12-21(13-11-20)23-16-26(30(7,8)9)19-27(31)17-23;1-28(2)26-11-7-6-10-24(26)25-17-14-21(19-27(25)28)18-20-12-15-23(16-13-20)22-8-4-3-5-9-22/h15-16,19-38H,12-14,17-18H2,1-11H3;10-19H,1-9H3;6-7,10-17,19,22H,3-5,8-9,18H2,1-2H3. The van der Waals surface area contributed by atoms with Crippen LogP contribution in [0.2, 0.25) is 0 Å². The number of anilines is 3. The molecule has 2 heteroatoms. The van der Waals surface area contributed by atoms with Crippen molar-refractivity contribution in [1.82, 2.24) is 0 Å². The number of hydrogen-bond acceptors (Lipinski definition) is 1. The summed E-state index contributed by atoms with van der Waals surface area (Å²) < 4.78 is 1.13. The molecule has 0 unspecified atom stereocenters. The molecule has 604 valence electrons. The van der Waals surface area contributed by atoms with Gasteiger partial charge >= 0.3 is 0 Å². The quantitative estimate of drug-likeness (QED) is 0.125. The Labute approximate surface area is 714 Å².